The molecule has 0 aliphatic heterocycles. The molecule has 0 saturated carbocycles. The van der Waals surface area contributed by atoms with Gasteiger partial charge in [-0.15, -0.1) is 0 Å². The highest BCUT2D eigenvalue weighted by Gasteiger charge is 1.96. The van der Waals surface area contributed by atoms with E-state index in [0.29, 0.717) is 0 Å². The van der Waals surface area contributed by atoms with Crippen LogP contribution in [-0.4, -0.2) is 5.78 Å². The number of carbonyl (C=O) groups excluding carboxylic acids is 1. The van der Waals surface area contributed by atoms with Crippen LogP contribution >= 0.6 is 0 Å². The number of nitrogens with one attached hydrogen (secondary N) is 1. The van der Waals surface area contributed by atoms with Gasteiger partial charge in [0, 0.05) is 17.5 Å². The molecule has 0 amide bonds. The van der Waals surface area contributed by atoms with Gasteiger partial charge in [0.2, 0.25) is 0 Å². The van der Waals surface area contributed by atoms with Crippen molar-refractivity contribution < 1.29 is 4.79 Å². The number of carbonyl (C=O) groups is 1. The van der Waals surface area contributed by atoms with Crippen LogP contribution in [-0.2, 0) is 4.79 Å². The van der Waals surface area contributed by atoms with Gasteiger partial charge in [0.25, 0.3) is 0 Å². The molecule has 0 spiro atoms. The standard InChI is InChI=1S/C12H15NO/c1-3-11(9-10(2)14)13-12-7-5-4-6-8-12/h4-9,13H,3H2,1-2H3/b11-9-. The fourth-order valence-electron chi connectivity index (χ4n) is 1.18. The van der Waals surface area contributed by atoms with E-state index < -0.39 is 0 Å². The first-order valence-corrected chi connectivity index (χ1v) is 4.75. The van der Waals surface area contributed by atoms with Gasteiger partial charge < -0.3 is 5.32 Å². The summed E-state index contributed by atoms with van der Waals surface area (Å²) in [6.07, 6.45) is 2.46. The lowest BCUT2D eigenvalue weighted by Crippen LogP contribution is -2.00. The van der Waals surface area contributed by atoms with Crippen LogP contribution in [0.25, 0.3) is 0 Å². The number of anilines is 1. The van der Waals surface area contributed by atoms with Gasteiger partial charge in [-0.25, -0.2) is 0 Å². The lowest BCUT2D eigenvalue weighted by Gasteiger charge is -2.07. The minimum atomic E-state index is 0.0743. The quantitative estimate of drug-likeness (QED) is 0.738. The molecule has 2 nitrogen and oxygen atoms in total. The van der Waals surface area contributed by atoms with E-state index in [1.165, 1.54) is 0 Å². The zero-order valence-corrected chi connectivity index (χ0v) is 8.58. The topological polar surface area (TPSA) is 29.1 Å². The molecule has 74 valence electrons. The van der Waals surface area contributed by atoms with Gasteiger partial charge in [-0.2, -0.15) is 0 Å². The normalized spacial score (nSPS) is 11.1. The van der Waals surface area contributed by atoms with Gasteiger partial charge in [-0.1, -0.05) is 25.1 Å². The summed E-state index contributed by atoms with van der Waals surface area (Å²) in [6, 6.07) is 9.84. The third-order valence-electron chi connectivity index (χ3n) is 1.84. The summed E-state index contributed by atoms with van der Waals surface area (Å²) in [4.78, 5) is 10.9. The molecule has 0 radical (unpaired) electrons. The summed E-state index contributed by atoms with van der Waals surface area (Å²) < 4.78 is 0. The lowest BCUT2D eigenvalue weighted by molar-refractivity contribution is -0.112. The molecular formula is C12H15NO. The van der Waals surface area contributed by atoms with E-state index in [2.05, 4.69) is 5.32 Å². The van der Waals surface area contributed by atoms with E-state index >= 15 is 0 Å². The number of benzene rings is 1. The third-order valence-corrected chi connectivity index (χ3v) is 1.84. The Morgan fingerprint density at radius 2 is 2.00 bits per heavy atom. The highest BCUT2D eigenvalue weighted by Crippen LogP contribution is 2.10. The maximum atomic E-state index is 10.9. The van der Waals surface area contributed by atoms with Crippen LogP contribution in [0.15, 0.2) is 42.1 Å². The molecule has 0 saturated heterocycles. The Morgan fingerprint density at radius 1 is 1.36 bits per heavy atom. The predicted molar refractivity (Wildman–Crippen MR) is 59.1 cm³/mol. The van der Waals surface area contributed by atoms with Crippen LogP contribution < -0.4 is 5.32 Å². The molecule has 1 N–H and O–H groups in total. The number of para-hydroxylation sites is 1. The zero-order chi connectivity index (χ0) is 10.4. The molecule has 0 bridgehead atoms. The van der Waals surface area contributed by atoms with Crippen LogP contribution in [0.4, 0.5) is 5.69 Å². The summed E-state index contributed by atoms with van der Waals surface area (Å²) >= 11 is 0. The molecule has 2 heteroatoms. The largest absolute Gasteiger partial charge is 0.359 e. The summed E-state index contributed by atoms with van der Waals surface area (Å²) in [6.45, 7) is 3.58. The van der Waals surface area contributed by atoms with Gasteiger partial charge >= 0.3 is 0 Å². The Kier molecular flexibility index (Phi) is 3.92. The Labute approximate surface area is 84.6 Å². The first-order chi connectivity index (χ1) is 6.72. The van der Waals surface area contributed by atoms with Crippen LogP contribution in [0.1, 0.15) is 20.3 Å². The average molecular weight is 189 g/mol. The van der Waals surface area contributed by atoms with E-state index in [1.54, 1.807) is 13.0 Å². The Morgan fingerprint density at radius 3 is 2.50 bits per heavy atom. The average Bonchev–Trinajstić information content (AvgIpc) is 2.17. The highest BCUT2D eigenvalue weighted by molar-refractivity contribution is 5.88. The van der Waals surface area contributed by atoms with Gasteiger partial charge in [-0.3, -0.25) is 4.79 Å². The highest BCUT2D eigenvalue weighted by atomic mass is 16.1. The maximum Gasteiger partial charge on any atom is 0.154 e. The van der Waals surface area contributed by atoms with Crippen LogP contribution in [0.3, 0.4) is 0 Å². The zero-order valence-electron chi connectivity index (χ0n) is 8.58. The summed E-state index contributed by atoms with van der Waals surface area (Å²) in [5.74, 6) is 0.0743. The van der Waals surface area contributed by atoms with E-state index in [-0.39, 0.29) is 5.78 Å². The van der Waals surface area contributed by atoms with Crippen molar-refractivity contribution in [2.75, 3.05) is 5.32 Å². The number of allylic oxidation sites excluding steroid dienone is 2. The van der Waals surface area contributed by atoms with E-state index in [9.17, 15) is 4.79 Å². The van der Waals surface area contributed by atoms with Gasteiger partial charge in [0.05, 0.1) is 0 Å². The van der Waals surface area contributed by atoms with E-state index in [0.717, 1.165) is 17.8 Å². The molecule has 0 heterocycles. The SMILES string of the molecule is CC/C(=C/C(C)=O)Nc1ccccc1. The van der Waals surface area contributed by atoms with Crippen molar-refractivity contribution in [2.45, 2.75) is 20.3 Å². The number of hydrogen-bond donors (Lipinski definition) is 1. The van der Waals surface area contributed by atoms with Crippen molar-refractivity contribution in [2.24, 2.45) is 0 Å². The number of hydrogen-bond acceptors (Lipinski definition) is 2. The molecule has 1 aromatic carbocycles. The summed E-state index contributed by atoms with van der Waals surface area (Å²) in [5.41, 5.74) is 1.96. The Balaban J connectivity index is 2.71. The van der Waals surface area contributed by atoms with Gasteiger partial charge in [0.15, 0.2) is 5.78 Å². The van der Waals surface area contributed by atoms with E-state index in [4.69, 9.17) is 0 Å². The summed E-state index contributed by atoms with van der Waals surface area (Å²) in [5, 5.41) is 3.20. The van der Waals surface area contributed by atoms with E-state index in [1.807, 2.05) is 37.3 Å². The van der Waals surface area contributed by atoms with Crippen molar-refractivity contribution in [3.63, 3.8) is 0 Å². The maximum absolute atomic E-state index is 10.9. The van der Waals surface area contributed by atoms with Gasteiger partial charge in [0.1, 0.15) is 0 Å². The Hall–Kier alpha value is -1.57. The smallest absolute Gasteiger partial charge is 0.154 e. The second-order valence-electron chi connectivity index (χ2n) is 3.12. The molecular weight excluding hydrogens is 174 g/mol. The lowest BCUT2D eigenvalue weighted by atomic mass is 10.2. The Bertz CT molecular complexity index is 327. The van der Waals surface area contributed by atoms with Crippen LogP contribution in [0, 0.1) is 0 Å². The monoisotopic (exact) mass is 189 g/mol. The van der Waals surface area contributed by atoms with Crippen molar-refractivity contribution in [3.8, 4) is 0 Å². The fraction of sp³-hybridized carbons (Fsp3) is 0.250. The van der Waals surface area contributed by atoms with Crippen LogP contribution in [0.2, 0.25) is 0 Å². The van der Waals surface area contributed by atoms with Gasteiger partial charge in [-0.05, 0) is 25.5 Å². The second-order valence-corrected chi connectivity index (χ2v) is 3.12. The molecule has 0 unspecified atom stereocenters. The van der Waals surface area contributed by atoms with Crippen molar-refractivity contribution in [1.82, 2.24) is 0 Å². The second kappa shape index (κ2) is 5.22. The van der Waals surface area contributed by atoms with Crippen molar-refractivity contribution >= 4 is 11.5 Å². The molecule has 0 aromatic heterocycles. The molecule has 14 heavy (non-hydrogen) atoms. The first-order valence-electron chi connectivity index (χ1n) is 4.75. The molecule has 1 aromatic rings. The molecule has 1 rings (SSSR count). The predicted octanol–water partition coefficient (Wildman–Crippen LogP) is 2.98. The summed E-state index contributed by atoms with van der Waals surface area (Å²) in [7, 11) is 0. The number of ketones is 1. The fourth-order valence-corrected chi connectivity index (χ4v) is 1.18. The minimum absolute atomic E-state index is 0.0743. The van der Waals surface area contributed by atoms with Crippen molar-refractivity contribution in [3.05, 3.63) is 42.1 Å². The number of rotatable bonds is 4. The molecule has 0 atom stereocenters. The molecule has 0 fully saturated rings. The first kappa shape index (κ1) is 10.5. The van der Waals surface area contributed by atoms with Crippen molar-refractivity contribution in [1.29, 1.82) is 0 Å². The molecule has 0 aliphatic rings. The third kappa shape index (κ3) is 3.44. The van der Waals surface area contributed by atoms with Crippen LogP contribution in [0.5, 0.6) is 0 Å². The molecule has 0 aliphatic carbocycles. The minimum Gasteiger partial charge on any atom is -0.359 e.